The summed E-state index contributed by atoms with van der Waals surface area (Å²) in [6.45, 7) is 0. The molecule has 0 saturated heterocycles. The van der Waals surface area contributed by atoms with E-state index in [0.717, 1.165) is 23.2 Å². The lowest BCUT2D eigenvalue weighted by atomic mass is 10.2. The summed E-state index contributed by atoms with van der Waals surface area (Å²) in [5.74, 6) is 0.213. The molecule has 5 heteroatoms. The number of rotatable bonds is 4. The van der Waals surface area contributed by atoms with Crippen molar-refractivity contribution in [2.45, 2.75) is 4.90 Å². The number of aromatic nitrogens is 1. The fourth-order valence-corrected chi connectivity index (χ4v) is 2.32. The van der Waals surface area contributed by atoms with Gasteiger partial charge >= 0.3 is 0 Å². The first-order valence-electron chi connectivity index (χ1n) is 6.02. The average Bonchev–Trinajstić information content (AvgIpc) is 2.96. The second-order valence-electron chi connectivity index (χ2n) is 4.08. The van der Waals surface area contributed by atoms with Crippen LogP contribution in [0.4, 0.5) is 10.3 Å². The summed E-state index contributed by atoms with van der Waals surface area (Å²) < 4.78 is 21.6. The largest absolute Gasteiger partial charge is 0.337 e. The molecule has 0 amide bonds. The van der Waals surface area contributed by atoms with Crippen molar-refractivity contribution >= 4 is 17.8 Å². The van der Waals surface area contributed by atoms with E-state index < -0.39 is 0 Å². The van der Waals surface area contributed by atoms with Crippen molar-refractivity contribution < 1.29 is 8.91 Å². The minimum absolute atomic E-state index is 0.271. The van der Waals surface area contributed by atoms with Crippen LogP contribution in [0.2, 0.25) is 0 Å². The minimum atomic E-state index is -0.271. The third kappa shape index (κ3) is 2.83. The van der Waals surface area contributed by atoms with E-state index in [2.05, 4.69) is 9.88 Å². The second-order valence-corrected chi connectivity index (χ2v) is 4.93. The van der Waals surface area contributed by atoms with Gasteiger partial charge in [0.05, 0.1) is 4.90 Å². The number of benzene rings is 2. The van der Waals surface area contributed by atoms with Gasteiger partial charge in [0.2, 0.25) is 5.88 Å². The van der Waals surface area contributed by atoms with Gasteiger partial charge in [0, 0.05) is 11.6 Å². The van der Waals surface area contributed by atoms with E-state index in [0.29, 0.717) is 10.8 Å². The Bertz CT molecular complexity index is 700. The van der Waals surface area contributed by atoms with Crippen molar-refractivity contribution in [1.29, 1.82) is 0 Å². The van der Waals surface area contributed by atoms with E-state index in [-0.39, 0.29) is 5.82 Å². The average molecular weight is 286 g/mol. The maximum absolute atomic E-state index is 13.5. The van der Waals surface area contributed by atoms with Crippen molar-refractivity contribution in [3.8, 4) is 11.3 Å². The highest BCUT2D eigenvalue weighted by atomic mass is 32.2. The van der Waals surface area contributed by atoms with Gasteiger partial charge in [0.15, 0.2) is 0 Å². The van der Waals surface area contributed by atoms with Crippen LogP contribution in [0.3, 0.4) is 0 Å². The lowest BCUT2D eigenvalue weighted by Crippen LogP contribution is -1.86. The van der Waals surface area contributed by atoms with Crippen LogP contribution in [0, 0.1) is 5.82 Å². The molecule has 0 fully saturated rings. The van der Waals surface area contributed by atoms with E-state index in [9.17, 15) is 4.39 Å². The van der Waals surface area contributed by atoms with Crippen LogP contribution in [0.15, 0.2) is 70.1 Å². The topological polar surface area (TPSA) is 38.1 Å². The molecule has 0 atom stereocenters. The molecular weight excluding hydrogens is 275 g/mol. The Balaban J connectivity index is 1.71. The van der Waals surface area contributed by atoms with E-state index in [1.54, 1.807) is 24.3 Å². The fraction of sp³-hybridized carbons (Fsp3) is 0. The summed E-state index contributed by atoms with van der Waals surface area (Å²) in [6.07, 6.45) is 0. The van der Waals surface area contributed by atoms with Crippen LogP contribution >= 0.6 is 11.9 Å². The molecule has 0 bridgehead atoms. The lowest BCUT2D eigenvalue weighted by Gasteiger charge is -2.01. The maximum atomic E-state index is 13.5. The lowest BCUT2D eigenvalue weighted by molar-refractivity contribution is 0.439. The summed E-state index contributed by atoms with van der Waals surface area (Å²) in [5.41, 5.74) is 1.71. The summed E-state index contributed by atoms with van der Waals surface area (Å²) in [7, 11) is 0. The number of halogens is 1. The Hall–Kier alpha value is -2.27. The van der Waals surface area contributed by atoms with Crippen molar-refractivity contribution in [2.75, 3.05) is 4.72 Å². The van der Waals surface area contributed by atoms with Crippen LogP contribution in [-0.4, -0.2) is 5.16 Å². The Morgan fingerprint density at radius 3 is 2.55 bits per heavy atom. The number of nitrogens with zero attached hydrogens (tertiary/aromatic N) is 1. The molecule has 1 heterocycles. The highest BCUT2D eigenvalue weighted by Gasteiger charge is 2.07. The molecule has 0 saturated carbocycles. The molecule has 3 aromatic rings. The van der Waals surface area contributed by atoms with Crippen LogP contribution in [-0.2, 0) is 0 Å². The molecule has 0 unspecified atom stereocenters. The molecule has 3 nitrogen and oxygen atoms in total. The molecule has 0 aliphatic carbocycles. The van der Waals surface area contributed by atoms with E-state index >= 15 is 0 Å². The summed E-state index contributed by atoms with van der Waals surface area (Å²) in [5, 5.41) is 3.98. The molecule has 0 spiro atoms. The van der Waals surface area contributed by atoms with Gasteiger partial charge in [-0.05, 0) is 24.1 Å². The van der Waals surface area contributed by atoms with Gasteiger partial charge in [-0.2, -0.15) is 0 Å². The van der Waals surface area contributed by atoms with Gasteiger partial charge in [0.1, 0.15) is 11.5 Å². The smallest absolute Gasteiger partial charge is 0.235 e. The Morgan fingerprint density at radius 2 is 1.75 bits per heavy atom. The summed E-state index contributed by atoms with van der Waals surface area (Å²) >= 11 is 1.15. The number of hydrogen-bond donors (Lipinski definition) is 1. The molecule has 20 heavy (non-hydrogen) atoms. The first kappa shape index (κ1) is 12.7. The van der Waals surface area contributed by atoms with Crippen molar-refractivity contribution in [1.82, 2.24) is 5.16 Å². The third-order valence-electron chi connectivity index (χ3n) is 2.68. The Morgan fingerprint density at radius 1 is 1.00 bits per heavy atom. The van der Waals surface area contributed by atoms with Crippen LogP contribution in [0.25, 0.3) is 11.3 Å². The quantitative estimate of drug-likeness (QED) is 0.711. The summed E-state index contributed by atoms with van der Waals surface area (Å²) in [4.78, 5) is 0.505. The minimum Gasteiger partial charge on any atom is -0.337 e. The zero-order valence-corrected chi connectivity index (χ0v) is 11.2. The maximum Gasteiger partial charge on any atom is 0.235 e. The molecule has 0 aliphatic heterocycles. The molecule has 1 N–H and O–H groups in total. The molecule has 100 valence electrons. The highest BCUT2D eigenvalue weighted by molar-refractivity contribution is 8.00. The number of nitrogens with one attached hydrogen (secondary N) is 1. The Labute approximate surface area is 119 Å². The SMILES string of the molecule is Fc1ccccc1SNc1cc(-c2ccccc2)no1. The predicted octanol–water partition coefficient (Wildman–Crippen LogP) is 4.60. The zero-order chi connectivity index (χ0) is 13.8. The predicted molar refractivity (Wildman–Crippen MR) is 77.8 cm³/mol. The van der Waals surface area contributed by atoms with Crippen molar-refractivity contribution in [2.24, 2.45) is 0 Å². The molecular formula is C15H11FN2OS. The van der Waals surface area contributed by atoms with Crippen LogP contribution < -0.4 is 4.72 Å². The van der Waals surface area contributed by atoms with E-state index in [4.69, 9.17) is 4.52 Å². The second kappa shape index (κ2) is 5.79. The van der Waals surface area contributed by atoms with Crippen LogP contribution in [0.1, 0.15) is 0 Å². The van der Waals surface area contributed by atoms with E-state index in [1.807, 2.05) is 30.3 Å². The monoisotopic (exact) mass is 286 g/mol. The van der Waals surface area contributed by atoms with Gasteiger partial charge < -0.3 is 4.52 Å². The summed E-state index contributed by atoms with van der Waals surface area (Å²) in [6, 6.07) is 18.0. The fourth-order valence-electron chi connectivity index (χ4n) is 1.70. The highest BCUT2D eigenvalue weighted by Crippen LogP contribution is 2.26. The zero-order valence-electron chi connectivity index (χ0n) is 10.4. The Kier molecular flexibility index (Phi) is 3.69. The number of hydrogen-bond acceptors (Lipinski definition) is 4. The van der Waals surface area contributed by atoms with Crippen molar-refractivity contribution in [3.05, 3.63) is 66.5 Å². The van der Waals surface area contributed by atoms with Gasteiger partial charge in [-0.25, -0.2) is 4.39 Å². The normalized spacial score (nSPS) is 10.4. The van der Waals surface area contributed by atoms with Gasteiger partial charge in [0.25, 0.3) is 0 Å². The molecule has 0 radical (unpaired) electrons. The first-order valence-corrected chi connectivity index (χ1v) is 6.84. The molecule has 2 aromatic carbocycles. The van der Waals surface area contributed by atoms with E-state index in [1.165, 1.54) is 6.07 Å². The molecule has 3 rings (SSSR count). The van der Waals surface area contributed by atoms with Gasteiger partial charge in [-0.15, -0.1) is 0 Å². The molecule has 0 aliphatic rings. The number of anilines is 1. The first-order chi connectivity index (χ1) is 9.83. The standard InChI is InChI=1S/C15H11FN2OS/c16-12-8-4-5-9-14(12)20-18-15-10-13(17-19-15)11-6-2-1-3-7-11/h1-10,18H. The van der Waals surface area contributed by atoms with Crippen LogP contribution in [0.5, 0.6) is 0 Å². The third-order valence-corrected chi connectivity index (χ3v) is 3.53. The van der Waals surface area contributed by atoms with Crippen molar-refractivity contribution in [3.63, 3.8) is 0 Å². The molecule has 1 aromatic heterocycles. The van der Waals surface area contributed by atoms with Gasteiger partial charge in [-0.3, -0.25) is 4.72 Å². The van der Waals surface area contributed by atoms with Gasteiger partial charge in [-0.1, -0.05) is 47.6 Å².